The summed E-state index contributed by atoms with van der Waals surface area (Å²) in [5.74, 6) is -0.931. The van der Waals surface area contributed by atoms with Gasteiger partial charge in [-0.05, 0) is 17.7 Å². The molecule has 0 radical (unpaired) electrons. The zero-order valence-electron chi connectivity index (χ0n) is 9.80. The molecule has 0 aliphatic carbocycles. The largest absolute Gasteiger partial charge is 0.479 e. The quantitative estimate of drug-likeness (QED) is 0.819. The molecule has 1 unspecified atom stereocenters. The molecule has 1 atom stereocenters. The maximum Gasteiger partial charge on any atom is 0.333 e. The zero-order valence-corrected chi connectivity index (χ0v) is 9.80. The van der Waals surface area contributed by atoms with Gasteiger partial charge >= 0.3 is 5.97 Å². The number of carbonyl (C=O) groups is 1. The minimum Gasteiger partial charge on any atom is -0.479 e. The Labute approximate surface area is 95.5 Å². The van der Waals surface area contributed by atoms with Crippen molar-refractivity contribution in [3.8, 4) is 0 Å². The van der Waals surface area contributed by atoms with Crippen molar-refractivity contribution in [2.24, 2.45) is 0 Å². The van der Waals surface area contributed by atoms with Crippen LogP contribution in [0, 0.1) is 0 Å². The van der Waals surface area contributed by atoms with Gasteiger partial charge in [-0.25, -0.2) is 4.79 Å². The van der Waals surface area contributed by atoms with E-state index < -0.39 is 12.1 Å². The fourth-order valence-electron chi connectivity index (χ4n) is 1.42. The third-order valence-corrected chi connectivity index (χ3v) is 2.43. The number of nitrogens with zero attached hydrogens (tertiary/aromatic N) is 1. The number of hydrogen-bond donors (Lipinski definition) is 1. The normalized spacial score (nSPS) is 12.2. The Kier molecular flexibility index (Phi) is 4.31. The van der Waals surface area contributed by atoms with E-state index in [9.17, 15) is 4.79 Å². The lowest BCUT2D eigenvalue weighted by atomic mass is 10.1. The molecule has 4 heteroatoms. The van der Waals surface area contributed by atoms with Crippen LogP contribution in [0.1, 0.15) is 5.56 Å². The van der Waals surface area contributed by atoms with Gasteiger partial charge in [0.15, 0.2) is 6.10 Å². The van der Waals surface area contributed by atoms with Gasteiger partial charge in [0, 0.05) is 33.3 Å². The third-order valence-electron chi connectivity index (χ3n) is 2.43. The van der Waals surface area contributed by atoms with Crippen LogP contribution in [0.25, 0.3) is 0 Å². The summed E-state index contributed by atoms with van der Waals surface area (Å²) in [6.45, 7) is 0. The van der Waals surface area contributed by atoms with Crippen molar-refractivity contribution in [2.45, 2.75) is 12.5 Å². The van der Waals surface area contributed by atoms with Crippen LogP contribution in [0.4, 0.5) is 5.69 Å². The Morgan fingerprint density at radius 3 is 2.31 bits per heavy atom. The highest BCUT2D eigenvalue weighted by Crippen LogP contribution is 2.14. The molecule has 0 aromatic heterocycles. The van der Waals surface area contributed by atoms with Crippen molar-refractivity contribution in [1.82, 2.24) is 0 Å². The van der Waals surface area contributed by atoms with Crippen LogP contribution in [0.2, 0.25) is 0 Å². The molecule has 0 heterocycles. The summed E-state index contributed by atoms with van der Waals surface area (Å²) in [6, 6.07) is 7.77. The molecule has 1 aromatic rings. The van der Waals surface area contributed by atoms with Gasteiger partial charge in [0.25, 0.3) is 0 Å². The summed E-state index contributed by atoms with van der Waals surface area (Å²) in [5.41, 5.74) is 2.05. The van der Waals surface area contributed by atoms with E-state index in [4.69, 9.17) is 9.84 Å². The highest BCUT2D eigenvalue weighted by atomic mass is 16.5. The van der Waals surface area contributed by atoms with Crippen molar-refractivity contribution in [1.29, 1.82) is 0 Å². The van der Waals surface area contributed by atoms with E-state index in [0.717, 1.165) is 11.3 Å². The summed E-state index contributed by atoms with van der Waals surface area (Å²) in [4.78, 5) is 12.8. The molecule has 0 saturated heterocycles. The van der Waals surface area contributed by atoms with E-state index in [-0.39, 0.29) is 0 Å². The molecular weight excluding hydrogens is 206 g/mol. The van der Waals surface area contributed by atoms with Crippen molar-refractivity contribution in [2.75, 3.05) is 26.1 Å². The maximum absolute atomic E-state index is 10.8. The molecule has 0 aliphatic heterocycles. The molecule has 1 N–H and O–H groups in total. The van der Waals surface area contributed by atoms with E-state index in [1.54, 1.807) is 0 Å². The number of benzene rings is 1. The number of anilines is 1. The molecule has 0 fully saturated rings. The summed E-state index contributed by atoms with van der Waals surface area (Å²) in [7, 11) is 5.33. The number of carboxylic acids is 1. The number of methoxy groups -OCH3 is 1. The van der Waals surface area contributed by atoms with Crippen molar-refractivity contribution < 1.29 is 14.6 Å². The summed E-state index contributed by atoms with van der Waals surface area (Å²) < 4.78 is 4.88. The average molecular weight is 223 g/mol. The smallest absolute Gasteiger partial charge is 0.333 e. The van der Waals surface area contributed by atoms with Gasteiger partial charge in [0.1, 0.15) is 0 Å². The predicted octanol–water partition coefficient (Wildman–Crippen LogP) is 1.39. The van der Waals surface area contributed by atoms with E-state index >= 15 is 0 Å². The maximum atomic E-state index is 10.8. The minimum absolute atomic E-state index is 0.388. The van der Waals surface area contributed by atoms with E-state index in [0.29, 0.717) is 6.42 Å². The molecule has 0 saturated carbocycles. The summed E-state index contributed by atoms with van der Waals surface area (Å²) in [5, 5.41) is 8.84. The standard InChI is InChI=1S/C12H17NO3/c1-13(2)10-6-4-9(5-7-10)8-11(16-3)12(14)15/h4-7,11H,8H2,1-3H3,(H,14,15). The molecule has 0 amide bonds. The molecular formula is C12H17NO3. The summed E-state index contributed by atoms with van der Waals surface area (Å²) >= 11 is 0. The van der Waals surface area contributed by atoms with Crippen molar-refractivity contribution in [3.63, 3.8) is 0 Å². The number of rotatable bonds is 5. The Hall–Kier alpha value is -1.55. The van der Waals surface area contributed by atoms with Gasteiger partial charge in [-0.15, -0.1) is 0 Å². The topological polar surface area (TPSA) is 49.8 Å². The lowest BCUT2D eigenvalue weighted by molar-refractivity contribution is -0.148. The lowest BCUT2D eigenvalue weighted by Gasteiger charge is -2.14. The van der Waals surface area contributed by atoms with Crippen LogP contribution < -0.4 is 4.90 Å². The molecule has 0 spiro atoms. The zero-order chi connectivity index (χ0) is 12.1. The molecule has 0 bridgehead atoms. The number of hydrogen-bond acceptors (Lipinski definition) is 3. The number of carboxylic acid groups (broad SMARTS) is 1. The van der Waals surface area contributed by atoms with E-state index in [1.165, 1.54) is 7.11 Å². The predicted molar refractivity (Wildman–Crippen MR) is 62.9 cm³/mol. The second-order valence-corrected chi connectivity index (χ2v) is 3.83. The Bertz CT molecular complexity index is 346. The van der Waals surface area contributed by atoms with Crippen molar-refractivity contribution >= 4 is 11.7 Å². The van der Waals surface area contributed by atoms with Gasteiger partial charge in [-0.3, -0.25) is 0 Å². The van der Waals surface area contributed by atoms with Gasteiger partial charge in [-0.2, -0.15) is 0 Å². The Balaban J connectivity index is 2.71. The number of ether oxygens (including phenoxy) is 1. The second kappa shape index (κ2) is 5.51. The Morgan fingerprint density at radius 2 is 1.94 bits per heavy atom. The highest BCUT2D eigenvalue weighted by molar-refractivity contribution is 5.72. The van der Waals surface area contributed by atoms with Crippen LogP contribution in [-0.4, -0.2) is 38.4 Å². The first kappa shape index (κ1) is 12.5. The first-order valence-electron chi connectivity index (χ1n) is 5.06. The first-order valence-corrected chi connectivity index (χ1v) is 5.06. The summed E-state index contributed by atoms with van der Waals surface area (Å²) in [6.07, 6.45) is -0.385. The monoisotopic (exact) mass is 223 g/mol. The average Bonchev–Trinajstić information content (AvgIpc) is 2.26. The SMILES string of the molecule is COC(Cc1ccc(N(C)C)cc1)C(=O)O. The van der Waals surface area contributed by atoms with E-state index in [1.807, 2.05) is 43.3 Å². The highest BCUT2D eigenvalue weighted by Gasteiger charge is 2.16. The van der Waals surface area contributed by atoms with Crippen LogP contribution in [0.15, 0.2) is 24.3 Å². The Morgan fingerprint density at radius 1 is 1.38 bits per heavy atom. The molecule has 16 heavy (non-hydrogen) atoms. The fourth-order valence-corrected chi connectivity index (χ4v) is 1.42. The minimum atomic E-state index is -0.931. The molecule has 4 nitrogen and oxygen atoms in total. The van der Waals surface area contributed by atoms with Gasteiger partial charge in [0.2, 0.25) is 0 Å². The molecule has 0 aliphatic rings. The first-order chi connectivity index (χ1) is 7.54. The molecule has 88 valence electrons. The van der Waals surface area contributed by atoms with Crippen LogP contribution in [0.3, 0.4) is 0 Å². The third kappa shape index (κ3) is 3.24. The fraction of sp³-hybridized carbons (Fsp3) is 0.417. The van der Waals surface area contributed by atoms with Gasteiger partial charge in [-0.1, -0.05) is 12.1 Å². The van der Waals surface area contributed by atoms with Crippen LogP contribution in [-0.2, 0) is 16.0 Å². The van der Waals surface area contributed by atoms with Crippen molar-refractivity contribution in [3.05, 3.63) is 29.8 Å². The number of aliphatic carboxylic acids is 1. The van der Waals surface area contributed by atoms with Crippen LogP contribution in [0.5, 0.6) is 0 Å². The molecule has 1 rings (SSSR count). The van der Waals surface area contributed by atoms with Gasteiger partial charge in [0.05, 0.1) is 0 Å². The van der Waals surface area contributed by atoms with Crippen LogP contribution >= 0.6 is 0 Å². The van der Waals surface area contributed by atoms with E-state index in [2.05, 4.69) is 0 Å². The van der Waals surface area contributed by atoms with Gasteiger partial charge < -0.3 is 14.7 Å². The molecule has 1 aromatic carbocycles. The second-order valence-electron chi connectivity index (χ2n) is 3.83. The lowest BCUT2D eigenvalue weighted by Crippen LogP contribution is -2.24.